The first kappa shape index (κ1) is 21.1. The number of nitrogens with zero attached hydrogens (tertiary/aromatic N) is 2. The number of ether oxygens (including phenoxy) is 2. The van der Waals surface area contributed by atoms with Crippen LogP contribution in [-0.4, -0.2) is 46.7 Å². The molecule has 0 radical (unpaired) electrons. The minimum atomic E-state index is -0.209. The molecule has 0 fully saturated rings. The molecule has 0 aliphatic rings. The number of amides is 2. The van der Waals surface area contributed by atoms with Crippen molar-refractivity contribution in [2.45, 2.75) is 13.3 Å². The summed E-state index contributed by atoms with van der Waals surface area (Å²) < 4.78 is 10.4. The lowest BCUT2D eigenvalue weighted by molar-refractivity contribution is -0.117. The van der Waals surface area contributed by atoms with Crippen molar-refractivity contribution in [3.63, 3.8) is 0 Å². The molecule has 0 atom stereocenters. The van der Waals surface area contributed by atoms with Gasteiger partial charge in [0.25, 0.3) is 0 Å². The maximum atomic E-state index is 12.4. The Morgan fingerprint density at radius 1 is 0.964 bits per heavy atom. The van der Waals surface area contributed by atoms with Crippen molar-refractivity contribution in [2.24, 2.45) is 0 Å². The zero-order chi connectivity index (χ0) is 20.7. The Morgan fingerprint density at radius 3 is 2.14 bits per heavy atom. The van der Waals surface area contributed by atoms with Crippen molar-refractivity contribution in [3.8, 4) is 11.5 Å². The molecule has 7 heteroatoms. The van der Waals surface area contributed by atoms with Gasteiger partial charge in [-0.3, -0.25) is 9.59 Å². The molecule has 1 N–H and O–H groups in total. The van der Waals surface area contributed by atoms with Gasteiger partial charge in [0.15, 0.2) is 0 Å². The van der Waals surface area contributed by atoms with Gasteiger partial charge in [0.2, 0.25) is 11.8 Å². The van der Waals surface area contributed by atoms with Gasteiger partial charge >= 0.3 is 0 Å². The number of rotatable bonds is 8. The largest absolute Gasteiger partial charge is 0.497 e. The molecule has 2 amide bonds. The predicted octanol–water partition coefficient (Wildman–Crippen LogP) is 3.15. The summed E-state index contributed by atoms with van der Waals surface area (Å²) in [5.41, 5.74) is 2.35. The molecule has 0 aliphatic heterocycles. The molecule has 0 spiro atoms. The molecule has 2 aromatic rings. The second kappa shape index (κ2) is 9.64. The molecule has 0 saturated carbocycles. The lowest BCUT2D eigenvalue weighted by Crippen LogP contribution is -2.32. The molecule has 150 valence electrons. The zero-order valence-electron chi connectivity index (χ0n) is 17.0. The van der Waals surface area contributed by atoms with Crippen LogP contribution in [0.2, 0.25) is 0 Å². The maximum Gasteiger partial charge on any atom is 0.226 e. The van der Waals surface area contributed by atoms with Crippen molar-refractivity contribution >= 4 is 28.9 Å². The Kier molecular flexibility index (Phi) is 7.26. The van der Waals surface area contributed by atoms with Gasteiger partial charge in [-0.1, -0.05) is 0 Å². The zero-order valence-corrected chi connectivity index (χ0v) is 17.0. The third-order valence-electron chi connectivity index (χ3n) is 4.30. The Hall–Kier alpha value is -3.22. The molecule has 0 saturated heterocycles. The van der Waals surface area contributed by atoms with Gasteiger partial charge in [0, 0.05) is 51.4 Å². The fraction of sp³-hybridized carbons (Fsp3) is 0.333. The molecular weight excluding hydrogens is 358 g/mol. The summed E-state index contributed by atoms with van der Waals surface area (Å²) in [6, 6.07) is 12.8. The summed E-state index contributed by atoms with van der Waals surface area (Å²) in [6.45, 7) is 1.77. The van der Waals surface area contributed by atoms with Crippen LogP contribution in [0.25, 0.3) is 0 Å². The van der Waals surface area contributed by atoms with Crippen LogP contribution in [0.15, 0.2) is 42.5 Å². The normalized spacial score (nSPS) is 10.2. The Bertz CT molecular complexity index is 819. The van der Waals surface area contributed by atoms with Gasteiger partial charge in [0.1, 0.15) is 11.5 Å². The van der Waals surface area contributed by atoms with E-state index in [-0.39, 0.29) is 24.8 Å². The van der Waals surface area contributed by atoms with E-state index in [1.165, 1.54) is 14.0 Å². The minimum Gasteiger partial charge on any atom is -0.497 e. The third-order valence-corrected chi connectivity index (χ3v) is 4.30. The quantitative estimate of drug-likeness (QED) is 0.756. The summed E-state index contributed by atoms with van der Waals surface area (Å²) in [7, 11) is 7.00. The predicted molar refractivity (Wildman–Crippen MR) is 112 cm³/mol. The topological polar surface area (TPSA) is 71.1 Å². The summed E-state index contributed by atoms with van der Waals surface area (Å²) >= 11 is 0. The summed E-state index contributed by atoms with van der Waals surface area (Å²) in [4.78, 5) is 28.0. The van der Waals surface area contributed by atoms with E-state index in [9.17, 15) is 9.59 Å². The number of benzene rings is 2. The highest BCUT2D eigenvalue weighted by molar-refractivity contribution is 5.95. The molecular formula is C21H27N3O4. The molecule has 2 rings (SSSR count). The highest BCUT2D eigenvalue weighted by Crippen LogP contribution is 2.29. The van der Waals surface area contributed by atoms with E-state index in [0.29, 0.717) is 17.2 Å². The van der Waals surface area contributed by atoms with E-state index < -0.39 is 0 Å². The average molecular weight is 385 g/mol. The summed E-state index contributed by atoms with van der Waals surface area (Å²) in [5, 5.41) is 2.82. The van der Waals surface area contributed by atoms with E-state index in [1.54, 1.807) is 30.2 Å². The fourth-order valence-corrected chi connectivity index (χ4v) is 2.73. The standard InChI is InChI=1S/C21H27N3O4/c1-15(25)24(17-8-6-16(7-9-17)23(2)3)13-12-21(26)22-19-11-10-18(27-4)14-20(19)28-5/h6-11,14H,12-13H2,1-5H3,(H,22,26). The van der Waals surface area contributed by atoms with Crippen molar-refractivity contribution in [2.75, 3.05) is 50.0 Å². The highest BCUT2D eigenvalue weighted by atomic mass is 16.5. The van der Waals surface area contributed by atoms with E-state index in [1.807, 2.05) is 43.3 Å². The third kappa shape index (κ3) is 5.39. The molecule has 0 unspecified atom stereocenters. The van der Waals surface area contributed by atoms with Crippen molar-refractivity contribution < 1.29 is 19.1 Å². The number of anilines is 3. The van der Waals surface area contributed by atoms with Crippen LogP contribution in [0.3, 0.4) is 0 Å². The van der Waals surface area contributed by atoms with Crippen LogP contribution in [0.5, 0.6) is 11.5 Å². The number of hydrogen-bond acceptors (Lipinski definition) is 5. The van der Waals surface area contributed by atoms with Gasteiger partial charge in [0.05, 0.1) is 19.9 Å². The number of hydrogen-bond donors (Lipinski definition) is 1. The van der Waals surface area contributed by atoms with Crippen molar-refractivity contribution in [1.29, 1.82) is 0 Å². The number of nitrogens with one attached hydrogen (secondary N) is 1. The van der Waals surface area contributed by atoms with Gasteiger partial charge < -0.3 is 24.6 Å². The molecule has 0 bridgehead atoms. The van der Waals surface area contributed by atoms with Crippen LogP contribution in [0.4, 0.5) is 17.1 Å². The van der Waals surface area contributed by atoms with E-state index in [2.05, 4.69) is 5.32 Å². The number of carbonyl (C=O) groups excluding carboxylic acids is 2. The smallest absolute Gasteiger partial charge is 0.226 e. The van der Waals surface area contributed by atoms with Gasteiger partial charge in [-0.05, 0) is 36.4 Å². The number of carbonyl (C=O) groups is 2. The van der Waals surface area contributed by atoms with Crippen molar-refractivity contribution in [3.05, 3.63) is 42.5 Å². The van der Waals surface area contributed by atoms with Crippen LogP contribution in [-0.2, 0) is 9.59 Å². The van der Waals surface area contributed by atoms with Crippen LogP contribution in [0, 0.1) is 0 Å². The van der Waals surface area contributed by atoms with E-state index >= 15 is 0 Å². The monoisotopic (exact) mass is 385 g/mol. The average Bonchev–Trinajstić information content (AvgIpc) is 2.68. The fourth-order valence-electron chi connectivity index (χ4n) is 2.73. The van der Waals surface area contributed by atoms with Gasteiger partial charge in [-0.2, -0.15) is 0 Å². The van der Waals surface area contributed by atoms with Gasteiger partial charge in [-0.15, -0.1) is 0 Å². The van der Waals surface area contributed by atoms with E-state index in [4.69, 9.17) is 9.47 Å². The Morgan fingerprint density at radius 2 is 1.61 bits per heavy atom. The summed E-state index contributed by atoms with van der Waals surface area (Å²) in [6.07, 6.45) is 0.157. The highest BCUT2D eigenvalue weighted by Gasteiger charge is 2.15. The first-order valence-corrected chi connectivity index (χ1v) is 8.93. The maximum absolute atomic E-state index is 12.4. The molecule has 0 heterocycles. The lowest BCUT2D eigenvalue weighted by atomic mass is 10.2. The first-order chi connectivity index (χ1) is 13.3. The van der Waals surface area contributed by atoms with E-state index in [0.717, 1.165) is 11.4 Å². The summed E-state index contributed by atoms with van der Waals surface area (Å²) in [5.74, 6) is 0.821. The second-order valence-electron chi connectivity index (χ2n) is 6.45. The minimum absolute atomic E-state index is 0.118. The number of methoxy groups -OCH3 is 2. The van der Waals surface area contributed by atoms with Crippen LogP contribution < -0.4 is 24.6 Å². The Balaban J connectivity index is 2.03. The van der Waals surface area contributed by atoms with Crippen molar-refractivity contribution in [1.82, 2.24) is 0 Å². The second-order valence-corrected chi connectivity index (χ2v) is 6.45. The lowest BCUT2D eigenvalue weighted by Gasteiger charge is -2.22. The molecule has 7 nitrogen and oxygen atoms in total. The van der Waals surface area contributed by atoms with Crippen LogP contribution >= 0.6 is 0 Å². The SMILES string of the molecule is COc1ccc(NC(=O)CCN(C(C)=O)c2ccc(N(C)C)cc2)c(OC)c1. The Labute approximate surface area is 165 Å². The molecule has 0 aromatic heterocycles. The molecule has 28 heavy (non-hydrogen) atoms. The van der Waals surface area contributed by atoms with Crippen LogP contribution in [0.1, 0.15) is 13.3 Å². The first-order valence-electron chi connectivity index (χ1n) is 8.93. The molecule has 2 aromatic carbocycles. The molecule has 0 aliphatic carbocycles. The van der Waals surface area contributed by atoms with Gasteiger partial charge in [-0.25, -0.2) is 0 Å².